The molecule has 0 amide bonds. The van der Waals surface area contributed by atoms with Gasteiger partial charge in [0, 0.05) is 31.0 Å². The third-order valence-corrected chi connectivity index (χ3v) is 3.12. The molecule has 16 heavy (non-hydrogen) atoms. The molecule has 2 heterocycles. The van der Waals surface area contributed by atoms with E-state index < -0.39 is 0 Å². The minimum absolute atomic E-state index is 0.589. The van der Waals surface area contributed by atoms with E-state index >= 15 is 0 Å². The summed E-state index contributed by atoms with van der Waals surface area (Å²) in [4.78, 5) is 10.9. The van der Waals surface area contributed by atoms with Crippen LogP contribution in [0.5, 0.6) is 0 Å². The van der Waals surface area contributed by atoms with Crippen LogP contribution >= 0.6 is 0 Å². The fourth-order valence-corrected chi connectivity index (χ4v) is 2.08. The highest BCUT2D eigenvalue weighted by molar-refractivity contribution is 4.90. The molecular weight excluding hydrogens is 200 g/mol. The fraction of sp³-hybridized carbons (Fsp3) is 0.667. The molecule has 0 aromatic carbocycles. The Morgan fingerprint density at radius 1 is 1.44 bits per heavy atom. The van der Waals surface area contributed by atoms with E-state index in [0.717, 1.165) is 18.9 Å². The van der Waals surface area contributed by atoms with Crippen LogP contribution in [-0.4, -0.2) is 40.0 Å². The summed E-state index contributed by atoms with van der Waals surface area (Å²) in [5, 5.41) is 3.52. The van der Waals surface area contributed by atoms with Crippen LogP contribution in [0.25, 0.3) is 0 Å². The molecule has 1 aliphatic rings. The Kier molecular flexibility index (Phi) is 3.85. The van der Waals surface area contributed by atoms with Crippen LogP contribution in [0.15, 0.2) is 18.5 Å². The van der Waals surface area contributed by atoms with Gasteiger partial charge in [0.1, 0.15) is 5.82 Å². The Labute approximate surface area is 97.1 Å². The monoisotopic (exact) mass is 220 g/mol. The summed E-state index contributed by atoms with van der Waals surface area (Å²) in [5.41, 5.74) is 0. The second-order valence-electron chi connectivity index (χ2n) is 4.62. The zero-order valence-corrected chi connectivity index (χ0v) is 10.1. The predicted molar refractivity (Wildman–Crippen MR) is 64.0 cm³/mol. The smallest absolute Gasteiger partial charge is 0.141 e. The van der Waals surface area contributed by atoms with Gasteiger partial charge in [-0.3, -0.25) is 4.90 Å². The van der Waals surface area contributed by atoms with Crippen molar-refractivity contribution in [3.05, 3.63) is 24.3 Å². The summed E-state index contributed by atoms with van der Waals surface area (Å²) in [6, 6.07) is 3.09. The average Bonchev–Trinajstić information content (AvgIpc) is 2.76. The molecule has 0 radical (unpaired) electrons. The van der Waals surface area contributed by atoms with Gasteiger partial charge in [-0.15, -0.1) is 0 Å². The van der Waals surface area contributed by atoms with Gasteiger partial charge < -0.3 is 5.32 Å². The summed E-state index contributed by atoms with van der Waals surface area (Å²) in [5.74, 6) is 0.880. The quantitative estimate of drug-likeness (QED) is 0.823. The van der Waals surface area contributed by atoms with Gasteiger partial charge in [-0.1, -0.05) is 0 Å². The first-order valence-corrected chi connectivity index (χ1v) is 5.99. The number of rotatable bonds is 4. The Morgan fingerprint density at radius 3 is 2.81 bits per heavy atom. The third-order valence-electron chi connectivity index (χ3n) is 3.12. The lowest BCUT2D eigenvalue weighted by molar-refractivity contribution is 0.268. The van der Waals surface area contributed by atoms with Crippen molar-refractivity contribution in [3.8, 4) is 0 Å². The normalized spacial score (nSPS) is 21.8. The molecule has 1 aromatic rings. The lowest BCUT2D eigenvalue weighted by Crippen LogP contribution is -2.35. The molecule has 1 saturated heterocycles. The maximum absolute atomic E-state index is 4.21. The molecule has 1 fully saturated rings. The molecule has 1 N–H and O–H groups in total. The average molecular weight is 220 g/mol. The van der Waals surface area contributed by atoms with E-state index in [-0.39, 0.29) is 0 Å². The first-order valence-electron chi connectivity index (χ1n) is 5.99. The summed E-state index contributed by atoms with van der Waals surface area (Å²) >= 11 is 0. The lowest BCUT2D eigenvalue weighted by atomic mass is 10.2. The van der Waals surface area contributed by atoms with Gasteiger partial charge in [-0.05, 0) is 32.9 Å². The number of hydrogen-bond acceptors (Lipinski definition) is 4. The predicted octanol–water partition coefficient (Wildman–Crippen LogP) is 1.05. The van der Waals surface area contributed by atoms with Crippen LogP contribution in [0, 0.1) is 0 Å². The largest absolute Gasteiger partial charge is 0.306 e. The summed E-state index contributed by atoms with van der Waals surface area (Å²) in [7, 11) is 0. The number of nitrogens with zero attached hydrogens (tertiary/aromatic N) is 3. The van der Waals surface area contributed by atoms with Gasteiger partial charge in [0.2, 0.25) is 0 Å². The van der Waals surface area contributed by atoms with E-state index in [1.54, 1.807) is 12.4 Å². The maximum atomic E-state index is 4.21. The van der Waals surface area contributed by atoms with E-state index in [1.165, 1.54) is 13.0 Å². The number of likely N-dealkylation sites (tertiary alicyclic amines) is 1. The second-order valence-corrected chi connectivity index (χ2v) is 4.62. The molecule has 88 valence electrons. The molecule has 0 saturated carbocycles. The van der Waals surface area contributed by atoms with Gasteiger partial charge >= 0.3 is 0 Å². The third kappa shape index (κ3) is 3.00. The van der Waals surface area contributed by atoms with Gasteiger partial charge in [0.15, 0.2) is 0 Å². The summed E-state index contributed by atoms with van der Waals surface area (Å²) in [6.45, 7) is 7.62. The maximum Gasteiger partial charge on any atom is 0.141 e. The van der Waals surface area contributed by atoms with Crippen LogP contribution in [-0.2, 0) is 6.54 Å². The molecule has 0 bridgehead atoms. The van der Waals surface area contributed by atoms with Crippen LogP contribution in [0.3, 0.4) is 0 Å². The van der Waals surface area contributed by atoms with Crippen molar-refractivity contribution < 1.29 is 0 Å². The SMILES string of the molecule is CC(C)N1CC[C@H](NCc2ncccn2)C1. The highest BCUT2D eigenvalue weighted by Crippen LogP contribution is 2.12. The van der Waals surface area contributed by atoms with Crippen LogP contribution in [0.4, 0.5) is 0 Å². The standard InChI is InChI=1S/C12H20N4/c1-10(2)16-7-4-11(9-16)15-8-12-13-5-3-6-14-12/h3,5-6,10-11,15H,4,7-9H2,1-2H3/t11-/m0/s1. The van der Waals surface area contributed by atoms with Crippen molar-refractivity contribution in [3.63, 3.8) is 0 Å². The van der Waals surface area contributed by atoms with Gasteiger partial charge in [0.25, 0.3) is 0 Å². The van der Waals surface area contributed by atoms with Crippen LogP contribution in [0.2, 0.25) is 0 Å². The number of hydrogen-bond donors (Lipinski definition) is 1. The molecule has 1 atom stereocenters. The molecule has 0 aliphatic carbocycles. The van der Waals surface area contributed by atoms with E-state index in [4.69, 9.17) is 0 Å². The topological polar surface area (TPSA) is 41.0 Å². The van der Waals surface area contributed by atoms with E-state index in [1.807, 2.05) is 6.07 Å². The molecule has 0 unspecified atom stereocenters. The first-order chi connectivity index (χ1) is 7.75. The molecule has 2 rings (SSSR count). The molecular formula is C12H20N4. The van der Waals surface area contributed by atoms with Gasteiger partial charge in [0.05, 0.1) is 6.54 Å². The summed E-state index contributed by atoms with van der Waals surface area (Å²) < 4.78 is 0. The van der Waals surface area contributed by atoms with E-state index in [2.05, 4.69) is 34.0 Å². The summed E-state index contributed by atoms with van der Waals surface area (Å²) in [6.07, 6.45) is 4.81. The minimum Gasteiger partial charge on any atom is -0.306 e. The van der Waals surface area contributed by atoms with Gasteiger partial charge in [-0.2, -0.15) is 0 Å². The van der Waals surface area contributed by atoms with Crippen LogP contribution < -0.4 is 5.32 Å². The number of nitrogens with one attached hydrogen (secondary N) is 1. The molecule has 0 spiro atoms. The highest BCUT2D eigenvalue weighted by atomic mass is 15.2. The second kappa shape index (κ2) is 5.37. The van der Waals surface area contributed by atoms with E-state index in [0.29, 0.717) is 12.1 Å². The first kappa shape index (κ1) is 11.5. The minimum atomic E-state index is 0.589. The van der Waals surface area contributed by atoms with Crippen molar-refractivity contribution in [2.24, 2.45) is 0 Å². The van der Waals surface area contributed by atoms with Crippen molar-refractivity contribution in [1.29, 1.82) is 0 Å². The Hall–Kier alpha value is -1.00. The van der Waals surface area contributed by atoms with Gasteiger partial charge in [-0.25, -0.2) is 9.97 Å². The lowest BCUT2D eigenvalue weighted by Gasteiger charge is -2.20. The Balaban J connectivity index is 1.76. The zero-order valence-electron chi connectivity index (χ0n) is 10.1. The van der Waals surface area contributed by atoms with Crippen molar-refractivity contribution in [2.45, 2.75) is 38.9 Å². The van der Waals surface area contributed by atoms with Crippen LogP contribution in [0.1, 0.15) is 26.1 Å². The van der Waals surface area contributed by atoms with E-state index in [9.17, 15) is 0 Å². The zero-order chi connectivity index (χ0) is 11.4. The highest BCUT2D eigenvalue weighted by Gasteiger charge is 2.23. The molecule has 4 heteroatoms. The van der Waals surface area contributed by atoms with Crippen molar-refractivity contribution in [2.75, 3.05) is 13.1 Å². The molecule has 1 aliphatic heterocycles. The molecule has 1 aromatic heterocycles. The van der Waals surface area contributed by atoms with Crippen molar-refractivity contribution in [1.82, 2.24) is 20.2 Å². The number of aromatic nitrogens is 2. The van der Waals surface area contributed by atoms with Crippen molar-refractivity contribution >= 4 is 0 Å². The molecule has 4 nitrogen and oxygen atoms in total. The Morgan fingerprint density at radius 2 is 2.19 bits per heavy atom. The Bertz CT molecular complexity index is 312. The fourth-order valence-electron chi connectivity index (χ4n) is 2.08.